The fourth-order valence-electron chi connectivity index (χ4n) is 1.06. The molecular formula is C10H13NO4. The first-order chi connectivity index (χ1) is 7.19. The zero-order valence-corrected chi connectivity index (χ0v) is 8.40. The van der Waals surface area contributed by atoms with Gasteiger partial charge in [0.2, 0.25) is 0 Å². The Morgan fingerprint density at radius 1 is 1.53 bits per heavy atom. The van der Waals surface area contributed by atoms with Crippen molar-refractivity contribution in [1.29, 1.82) is 0 Å². The topological polar surface area (TPSA) is 81.8 Å². The number of aliphatic hydroxyl groups is 1. The molecule has 0 atom stereocenters. The highest BCUT2D eigenvalue weighted by Gasteiger charge is 2.11. The summed E-state index contributed by atoms with van der Waals surface area (Å²) in [6.07, 6.45) is 0. The number of aliphatic hydroxyl groups excluding tert-OH is 1. The van der Waals surface area contributed by atoms with Crippen molar-refractivity contribution in [3.63, 3.8) is 0 Å². The van der Waals surface area contributed by atoms with Crippen LogP contribution in [-0.2, 0) is 4.74 Å². The number of benzene rings is 1. The monoisotopic (exact) mass is 211 g/mol. The van der Waals surface area contributed by atoms with Gasteiger partial charge in [-0.25, -0.2) is 4.79 Å². The highest BCUT2D eigenvalue weighted by atomic mass is 16.5. The predicted octanol–water partition coefficient (Wildman–Crippen LogP) is 0.426. The van der Waals surface area contributed by atoms with Gasteiger partial charge in [-0.3, -0.25) is 0 Å². The van der Waals surface area contributed by atoms with Crippen LogP contribution in [0.15, 0.2) is 18.2 Å². The molecule has 15 heavy (non-hydrogen) atoms. The van der Waals surface area contributed by atoms with Crippen LogP contribution in [-0.4, -0.2) is 31.4 Å². The molecule has 1 rings (SSSR count). The third-order valence-corrected chi connectivity index (χ3v) is 1.80. The summed E-state index contributed by atoms with van der Waals surface area (Å²) in [5, 5.41) is 8.50. The zero-order valence-electron chi connectivity index (χ0n) is 8.40. The lowest BCUT2D eigenvalue weighted by Gasteiger charge is -2.07. The van der Waals surface area contributed by atoms with Crippen molar-refractivity contribution in [2.24, 2.45) is 0 Å². The van der Waals surface area contributed by atoms with Crippen LogP contribution in [0.4, 0.5) is 5.69 Å². The van der Waals surface area contributed by atoms with E-state index in [2.05, 4.69) is 0 Å². The molecule has 0 saturated heterocycles. The van der Waals surface area contributed by atoms with Gasteiger partial charge in [0, 0.05) is 5.69 Å². The van der Waals surface area contributed by atoms with E-state index in [-0.39, 0.29) is 18.8 Å². The zero-order chi connectivity index (χ0) is 11.3. The number of nitrogen functional groups attached to an aromatic ring is 1. The second-order valence-electron chi connectivity index (χ2n) is 2.81. The van der Waals surface area contributed by atoms with Gasteiger partial charge in [0.25, 0.3) is 0 Å². The molecule has 0 aliphatic carbocycles. The van der Waals surface area contributed by atoms with Crippen LogP contribution < -0.4 is 10.5 Å². The van der Waals surface area contributed by atoms with Crippen molar-refractivity contribution in [3.8, 4) is 5.75 Å². The summed E-state index contributed by atoms with van der Waals surface area (Å²) in [5.41, 5.74) is 6.15. The molecule has 5 heteroatoms. The summed E-state index contributed by atoms with van der Waals surface area (Å²) in [4.78, 5) is 11.4. The molecule has 0 spiro atoms. The predicted molar refractivity (Wildman–Crippen MR) is 54.8 cm³/mol. The Bertz CT molecular complexity index is 351. The summed E-state index contributed by atoms with van der Waals surface area (Å²) in [6.45, 7) is -0.259. The Morgan fingerprint density at radius 3 is 2.87 bits per heavy atom. The minimum absolute atomic E-state index is 0.0461. The maximum Gasteiger partial charge on any atom is 0.340 e. The molecule has 82 valence electrons. The van der Waals surface area contributed by atoms with Gasteiger partial charge < -0.3 is 20.3 Å². The lowest BCUT2D eigenvalue weighted by molar-refractivity contribution is 0.0434. The SMILES string of the molecule is COc1ccc(N)c(C(=O)OCCO)c1. The normalized spacial score (nSPS) is 9.73. The molecule has 1 aromatic rings. The fourth-order valence-corrected chi connectivity index (χ4v) is 1.06. The molecule has 0 aromatic heterocycles. The first kappa shape index (κ1) is 11.3. The summed E-state index contributed by atoms with van der Waals surface area (Å²) in [7, 11) is 1.49. The van der Waals surface area contributed by atoms with E-state index in [1.807, 2.05) is 0 Å². The van der Waals surface area contributed by atoms with E-state index in [4.69, 9.17) is 20.3 Å². The van der Waals surface area contributed by atoms with Gasteiger partial charge in [-0.2, -0.15) is 0 Å². The molecule has 3 N–H and O–H groups in total. The van der Waals surface area contributed by atoms with Gasteiger partial charge in [0.05, 0.1) is 19.3 Å². The summed E-state index contributed by atoms with van der Waals surface area (Å²) < 4.78 is 9.68. The largest absolute Gasteiger partial charge is 0.497 e. The number of ether oxygens (including phenoxy) is 2. The van der Waals surface area contributed by atoms with Gasteiger partial charge in [0.1, 0.15) is 12.4 Å². The fraction of sp³-hybridized carbons (Fsp3) is 0.300. The van der Waals surface area contributed by atoms with E-state index >= 15 is 0 Å². The average Bonchev–Trinajstić information content (AvgIpc) is 2.26. The van der Waals surface area contributed by atoms with Crippen LogP contribution in [0.5, 0.6) is 5.75 Å². The van der Waals surface area contributed by atoms with Gasteiger partial charge in [-0.1, -0.05) is 0 Å². The second kappa shape index (κ2) is 5.21. The van der Waals surface area contributed by atoms with Crippen molar-refractivity contribution in [3.05, 3.63) is 23.8 Å². The van der Waals surface area contributed by atoms with Crippen molar-refractivity contribution < 1.29 is 19.4 Å². The van der Waals surface area contributed by atoms with E-state index in [1.54, 1.807) is 12.1 Å². The summed E-state index contributed by atoms with van der Waals surface area (Å²) >= 11 is 0. The number of esters is 1. The number of methoxy groups -OCH3 is 1. The molecule has 0 aliphatic heterocycles. The molecule has 0 amide bonds. The van der Waals surface area contributed by atoms with E-state index in [0.717, 1.165) is 0 Å². The van der Waals surface area contributed by atoms with Crippen molar-refractivity contribution in [2.75, 3.05) is 26.1 Å². The molecule has 0 fully saturated rings. The molecule has 5 nitrogen and oxygen atoms in total. The summed E-state index contributed by atoms with van der Waals surface area (Å²) in [5.74, 6) is -0.0411. The molecule has 0 saturated carbocycles. The Morgan fingerprint density at radius 2 is 2.27 bits per heavy atom. The van der Waals surface area contributed by atoms with Crippen LogP contribution in [0.2, 0.25) is 0 Å². The number of anilines is 1. The molecule has 0 unspecified atom stereocenters. The van der Waals surface area contributed by atoms with Crippen molar-refractivity contribution in [1.82, 2.24) is 0 Å². The van der Waals surface area contributed by atoms with Crippen molar-refractivity contribution in [2.45, 2.75) is 0 Å². The highest BCUT2D eigenvalue weighted by molar-refractivity contribution is 5.95. The van der Waals surface area contributed by atoms with Crippen LogP contribution >= 0.6 is 0 Å². The Hall–Kier alpha value is -1.75. The number of hydrogen-bond acceptors (Lipinski definition) is 5. The first-order valence-corrected chi connectivity index (χ1v) is 4.40. The van der Waals surface area contributed by atoms with E-state index in [0.29, 0.717) is 11.4 Å². The first-order valence-electron chi connectivity index (χ1n) is 4.40. The van der Waals surface area contributed by atoms with Crippen LogP contribution in [0.1, 0.15) is 10.4 Å². The smallest absolute Gasteiger partial charge is 0.340 e. The number of carbonyl (C=O) groups excluding carboxylic acids is 1. The van der Waals surface area contributed by atoms with Crippen LogP contribution in [0.3, 0.4) is 0 Å². The van der Waals surface area contributed by atoms with E-state index in [9.17, 15) is 4.79 Å². The van der Waals surface area contributed by atoms with Gasteiger partial charge in [0.15, 0.2) is 0 Å². The number of nitrogens with two attached hydrogens (primary N) is 1. The molecule has 0 aliphatic rings. The lowest BCUT2D eigenvalue weighted by Crippen LogP contribution is -2.11. The number of hydrogen-bond donors (Lipinski definition) is 2. The molecule has 0 heterocycles. The number of rotatable bonds is 4. The van der Waals surface area contributed by atoms with Gasteiger partial charge in [-0.15, -0.1) is 0 Å². The minimum atomic E-state index is -0.569. The van der Waals surface area contributed by atoms with Crippen molar-refractivity contribution >= 4 is 11.7 Å². The quantitative estimate of drug-likeness (QED) is 0.557. The Kier molecular flexibility index (Phi) is 3.93. The van der Waals surface area contributed by atoms with Gasteiger partial charge >= 0.3 is 5.97 Å². The standard InChI is InChI=1S/C10H13NO4/c1-14-7-2-3-9(11)8(6-7)10(13)15-5-4-12/h2-3,6,12H,4-5,11H2,1H3. The third-order valence-electron chi connectivity index (χ3n) is 1.80. The number of carbonyl (C=O) groups is 1. The maximum absolute atomic E-state index is 11.4. The third kappa shape index (κ3) is 2.85. The highest BCUT2D eigenvalue weighted by Crippen LogP contribution is 2.20. The Balaban J connectivity index is 2.86. The second-order valence-corrected chi connectivity index (χ2v) is 2.81. The molecular weight excluding hydrogens is 198 g/mol. The Labute approximate surface area is 87.4 Å². The summed E-state index contributed by atoms with van der Waals surface area (Å²) in [6, 6.07) is 4.71. The van der Waals surface area contributed by atoms with Crippen LogP contribution in [0.25, 0.3) is 0 Å². The molecule has 0 radical (unpaired) electrons. The minimum Gasteiger partial charge on any atom is -0.497 e. The average molecular weight is 211 g/mol. The lowest BCUT2D eigenvalue weighted by atomic mass is 10.2. The van der Waals surface area contributed by atoms with Crippen LogP contribution in [0, 0.1) is 0 Å². The molecule has 0 bridgehead atoms. The maximum atomic E-state index is 11.4. The van der Waals surface area contributed by atoms with E-state index in [1.165, 1.54) is 13.2 Å². The molecule has 1 aromatic carbocycles. The van der Waals surface area contributed by atoms with E-state index < -0.39 is 5.97 Å². The van der Waals surface area contributed by atoms with Gasteiger partial charge in [-0.05, 0) is 18.2 Å².